The van der Waals surface area contributed by atoms with Gasteiger partial charge in [0.1, 0.15) is 17.2 Å². The van der Waals surface area contributed by atoms with Gasteiger partial charge in [0.2, 0.25) is 5.91 Å². The van der Waals surface area contributed by atoms with Crippen LogP contribution in [0.4, 0.5) is 11.4 Å². The molecular formula is C33H31N3O5S. The van der Waals surface area contributed by atoms with E-state index in [0.717, 1.165) is 16.0 Å². The molecule has 0 aliphatic carbocycles. The fraction of sp³-hybridized carbons (Fsp3) is 0.121. The maximum Gasteiger partial charge on any atom is 0.272 e. The summed E-state index contributed by atoms with van der Waals surface area (Å²) in [6.45, 7) is 1.94. The lowest BCUT2D eigenvalue weighted by atomic mass is 10.1. The van der Waals surface area contributed by atoms with Crippen molar-refractivity contribution in [1.82, 2.24) is 5.32 Å². The van der Waals surface area contributed by atoms with Crippen LogP contribution < -0.4 is 25.4 Å². The van der Waals surface area contributed by atoms with Gasteiger partial charge in [0.05, 0.1) is 25.7 Å². The fourth-order valence-electron chi connectivity index (χ4n) is 3.92. The van der Waals surface area contributed by atoms with E-state index in [1.807, 2.05) is 49.4 Å². The third kappa shape index (κ3) is 8.25. The highest BCUT2D eigenvalue weighted by atomic mass is 32.2. The summed E-state index contributed by atoms with van der Waals surface area (Å²) in [4.78, 5) is 39.5. The first kappa shape index (κ1) is 30.0. The number of hydrogen-bond acceptors (Lipinski definition) is 6. The first-order chi connectivity index (χ1) is 20.4. The number of rotatable bonds is 11. The Kier molecular flexibility index (Phi) is 10.4. The van der Waals surface area contributed by atoms with Gasteiger partial charge in [-0.1, -0.05) is 42.5 Å². The highest BCUT2D eigenvalue weighted by Gasteiger charge is 2.16. The molecule has 0 saturated heterocycles. The van der Waals surface area contributed by atoms with E-state index >= 15 is 0 Å². The Hall–Kier alpha value is -5.02. The fourth-order valence-corrected chi connectivity index (χ4v) is 4.61. The third-order valence-corrected chi connectivity index (χ3v) is 7.19. The number of thioether (sulfide) groups is 1. The molecule has 0 spiro atoms. The highest BCUT2D eigenvalue weighted by molar-refractivity contribution is 8.00. The number of carbonyl (C=O) groups is 3. The van der Waals surface area contributed by atoms with Crippen LogP contribution in [-0.4, -0.2) is 37.7 Å². The SMILES string of the molecule is COc1ccc(NC(=O)CSc2ccc(NC(=O)/C(=C/c3ccccc3C)NC(=O)c3ccccc3)cc2)c(OC)c1. The topological polar surface area (TPSA) is 106 Å². The molecule has 42 heavy (non-hydrogen) atoms. The average Bonchev–Trinajstić information content (AvgIpc) is 3.02. The summed E-state index contributed by atoms with van der Waals surface area (Å²) < 4.78 is 10.5. The largest absolute Gasteiger partial charge is 0.497 e. The maximum atomic E-state index is 13.3. The second kappa shape index (κ2) is 14.6. The van der Waals surface area contributed by atoms with Crippen LogP contribution in [0.15, 0.2) is 108 Å². The Morgan fingerprint density at radius 2 is 1.52 bits per heavy atom. The molecule has 0 heterocycles. The molecule has 9 heteroatoms. The smallest absolute Gasteiger partial charge is 0.272 e. The van der Waals surface area contributed by atoms with E-state index in [2.05, 4.69) is 16.0 Å². The Labute approximate surface area is 249 Å². The number of amides is 3. The molecule has 0 fully saturated rings. The molecule has 0 radical (unpaired) electrons. The molecule has 0 aromatic heterocycles. The molecule has 3 amide bonds. The Morgan fingerprint density at radius 1 is 0.810 bits per heavy atom. The standard InChI is InChI=1S/C33H31N3O5S/c1-22-9-7-8-12-24(22)19-29(36-32(38)23-10-5-4-6-11-23)33(39)34-25-13-16-27(17-14-25)42-21-31(37)35-28-18-15-26(40-2)20-30(28)41-3/h4-20H,21H2,1-3H3,(H,34,39)(H,35,37)(H,36,38)/b29-19-. The zero-order chi connectivity index (χ0) is 29.9. The highest BCUT2D eigenvalue weighted by Crippen LogP contribution is 2.29. The molecule has 4 aromatic rings. The van der Waals surface area contributed by atoms with E-state index in [1.54, 1.807) is 67.8 Å². The van der Waals surface area contributed by atoms with E-state index in [0.29, 0.717) is 28.4 Å². The minimum Gasteiger partial charge on any atom is -0.497 e. The third-order valence-electron chi connectivity index (χ3n) is 6.18. The summed E-state index contributed by atoms with van der Waals surface area (Å²) >= 11 is 1.35. The summed E-state index contributed by atoms with van der Waals surface area (Å²) in [7, 11) is 3.09. The summed E-state index contributed by atoms with van der Waals surface area (Å²) in [5.41, 5.74) is 3.43. The van der Waals surface area contributed by atoms with Crippen LogP contribution in [0.2, 0.25) is 0 Å². The Bertz CT molecular complexity index is 1590. The summed E-state index contributed by atoms with van der Waals surface area (Å²) in [6, 6.07) is 28.6. The monoisotopic (exact) mass is 581 g/mol. The lowest BCUT2D eigenvalue weighted by molar-refractivity contribution is -0.114. The summed E-state index contributed by atoms with van der Waals surface area (Å²) in [5.74, 6) is 0.265. The van der Waals surface area contributed by atoms with Gasteiger partial charge in [-0.3, -0.25) is 14.4 Å². The quantitative estimate of drug-likeness (QED) is 0.145. The van der Waals surface area contributed by atoms with Gasteiger partial charge in [0, 0.05) is 22.2 Å². The van der Waals surface area contributed by atoms with Gasteiger partial charge >= 0.3 is 0 Å². The van der Waals surface area contributed by atoms with Gasteiger partial charge in [0.25, 0.3) is 11.8 Å². The van der Waals surface area contributed by atoms with Crippen molar-refractivity contribution in [3.8, 4) is 11.5 Å². The van der Waals surface area contributed by atoms with Crippen molar-refractivity contribution in [2.45, 2.75) is 11.8 Å². The number of benzene rings is 4. The van der Waals surface area contributed by atoms with Gasteiger partial charge in [-0.25, -0.2) is 0 Å². The molecule has 0 aliphatic heterocycles. The number of nitrogens with one attached hydrogen (secondary N) is 3. The van der Waals surface area contributed by atoms with Crippen LogP contribution >= 0.6 is 11.8 Å². The van der Waals surface area contributed by atoms with Crippen LogP contribution in [0.3, 0.4) is 0 Å². The minimum atomic E-state index is -0.462. The number of anilines is 2. The molecular weight excluding hydrogens is 550 g/mol. The number of ether oxygens (including phenoxy) is 2. The zero-order valence-corrected chi connectivity index (χ0v) is 24.3. The number of carbonyl (C=O) groups excluding carboxylic acids is 3. The molecule has 0 atom stereocenters. The molecule has 0 unspecified atom stereocenters. The lowest BCUT2D eigenvalue weighted by Crippen LogP contribution is -2.30. The predicted molar refractivity (Wildman–Crippen MR) is 167 cm³/mol. The van der Waals surface area contributed by atoms with E-state index in [4.69, 9.17) is 9.47 Å². The van der Waals surface area contributed by atoms with Crippen LogP contribution in [-0.2, 0) is 9.59 Å². The molecule has 0 bridgehead atoms. The van der Waals surface area contributed by atoms with Crippen LogP contribution in [0, 0.1) is 6.92 Å². The van der Waals surface area contributed by atoms with Crippen molar-refractivity contribution in [1.29, 1.82) is 0 Å². The van der Waals surface area contributed by atoms with Crippen molar-refractivity contribution in [2.24, 2.45) is 0 Å². The lowest BCUT2D eigenvalue weighted by Gasteiger charge is -2.13. The van der Waals surface area contributed by atoms with Crippen molar-refractivity contribution in [2.75, 3.05) is 30.6 Å². The molecule has 0 aliphatic rings. The summed E-state index contributed by atoms with van der Waals surface area (Å²) in [6.07, 6.45) is 1.66. The van der Waals surface area contributed by atoms with Gasteiger partial charge in [-0.15, -0.1) is 11.8 Å². The van der Waals surface area contributed by atoms with Gasteiger partial charge in [0.15, 0.2) is 0 Å². The van der Waals surface area contributed by atoms with Gasteiger partial charge in [-0.2, -0.15) is 0 Å². The summed E-state index contributed by atoms with van der Waals surface area (Å²) in [5, 5.41) is 8.45. The molecule has 4 aromatic carbocycles. The second-order valence-electron chi connectivity index (χ2n) is 9.12. The maximum absolute atomic E-state index is 13.3. The van der Waals surface area contributed by atoms with E-state index in [-0.39, 0.29) is 23.3 Å². The molecule has 0 saturated carbocycles. The van der Waals surface area contributed by atoms with Crippen molar-refractivity contribution < 1.29 is 23.9 Å². The van der Waals surface area contributed by atoms with Crippen molar-refractivity contribution in [3.05, 3.63) is 119 Å². The molecule has 3 N–H and O–H groups in total. The van der Waals surface area contributed by atoms with Crippen LogP contribution in [0.1, 0.15) is 21.5 Å². The van der Waals surface area contributed by atoms with E-state index < -0.39 is 5.91 Å². The minimum absolute atomic E-state index is 0.113. The first-order valence-electron chi connectivity index (χ1n) is 13.1. The zero-order valence-electron chi connectivity index (χ0n) is 23.5. The normalized spacial score (nSPS) is 10.9. The predicted octanol–water partition coefficient (Wildman–Crippen LogP) is 6.15. The Morgan fingerprint density at radius 3 is 2.21 bits per heavy atom. The van der Waals surface area contributed by atoms with Crippen molar-refractivity contribution in [3.63, 3.8) is 0 Å². The van der Waals surface area contributed by atoms with E-state index in [1.165, 1.54) is 18.9 Å². The number of aryl methyl sites for hydroxylation is 1. The van der Waals surface area contributed by atoms with Crippen molar-refractivity contribution >= 4 is 46.9 Å². The van der Waals surface area contributed by atoms with E-state index in [9.17, 15) is 14.4 Å². The molecule has 8 nitrogen and oxygen atoms in total. The average molecular weight is 582 g/mol. The van der Waals surface area contributed by atoms with Crippen LogP contribution in [0.25, 0.3) is 6.08 Å². The molecule has 214 valence electrons. The van der Waals surface area contributed by atoms with Gasteiger partial charge in [-0.05, 0) is 72.7 Å². The number of hydrogen-bond donors (Lipinski definition) is 3. The van der Waals surface area contributed by atoms with Gasteiger partial charge < -0.3 is 25.4 Å². The first-order valence-corrected chi connectivity index (χ1v) is 14.0. The molecule has 4 rings (SSSR count). The number of methoxy groups -OCH3 is 2. The Balaban J connectivity index is 1.40. The second-order valence-corrected chi connectivity index (χ2v) is 10.2. The van der Waals surface area contributed by atoms with Crippen LogP contribution in [0.5, 0.6) is 11.5 Å².